The van der Waals surface area contributed by atoms with Gasteiger partial charge in [0, 0.05) is 30.4 Å². The Hall–Kier alpha value is -2.60. The van der Waals surface area contributed by atoms with E-state index in [4.69, 9.17) is 0 Å². The monoisotopic (exact) mass is 369 g/mol. The average Bonchev–Trinajstić information content (AvgIpc) is 2.65. The Labute approximate surface area is 154 Å². The Kier molecular flexibility index (Phi) is 5.13. The van der Waals surface area contributed by atoms with Gasteiger partial charge in [0.25, 0.3) is 0 Å². The molecule has 0 aliphatic rings. The van der Waals surface area contributed by atoms with Crippen molar-refractivity contribution in [3.63, 3.8) is 0 Å². The summed E-state index contributed by atoms with van der Waals surface area (Å²) in [5.41, 5.74) is 4.83. The fraction of sp³-hybridized carbons (Fsp3) is 0.250. The molecule has 3 rings (SSSR count). The van der Waals surface area contributed by atoms with Gasteiger partial charge in [0.2, 0.25) is 10.0 Å². The van der Waals surface area contributed by atoms with E-state index in [0.29, 0.717) is 12.2 Å². The number of hydrogen-bond donors (Lipinski definition) is 1. The van der Waals surface area contributed by atoms with Gasteiger partial charge in [0.15, 0.2) is 0 Å². The second-order valence-electron chi connectivity index (χ2n) is 6.28. The van der Waals surface area contributed by atoms with Crippen LogP contribution in [0.15, 0.2) is 54.6 Å². The lowest BCUT2D eigenvalue weighted by atomic mass is 10.1. The number of benzene rings is 2. The standard InChI is InChI=1S/C20H23N3O2S/c1-4-16-13-20(18-7-5-6-8-19(18)22-16)21-14-15-9-11-17(12-10-15)23(2)26(3,24)25/h5-13H,4,14H2,1-3H3,(H,21,22). The Morgan fingerprint density at radius 3 is 2.42 bits per heavy atom. The highest BCUT2D eigenvalue weighted by Crippen LogP contribution is 2.24. The third-order valence-corrected chi connectivity index (χ3v) is 5.62. The summed E-state index contributed by atoms with van der Waals surface area (Å²) in [6.07, 6.45) is 2.08. The molecule has 0 saturated heterocycles. The molecule has 1 N–H and O–H groups in total. The van der Waals surface area contributed by atoms with Crippen molar-refractivity contribution in [1.29, 1.82) is 0 Å². The Morgan fingerprint density at radius 1 is 1.08 bits per heavy atom. The summed E-state index contributed by atoms with van der Waals surface area (Å²) < 4.78 is 24.5. The minimum absolute atomic E-state index is 0.652. The minimum Gasteiger partial charge on any atom is -0.380 e. The average molecular weight is 369 g/mol. The molecule has 0 spiro atoms. The van der Waals surface area contributed by atoms with Crippen LogP contribution in [0.5, 0.6) is 0 Å². The highest BCUT2D eigenvalue weighted by molar-refractivity contribution is 7.92. The molecular formula is C20H23N3O2S. The lowest BCUT2D eigenvalue weighted by molar-refractivity contribution is 0.600. The van der Waals surface area contributed by atoms with E-state index in [2.05, 4.69) is 29.4 Å². The summed E-state index contributed by atoms with van der Waals surface area (Å²) in [5, 5.41) is 4.58. The number of rotatable bonds is 6. The Bertz CT molecular complexity index is 1010. The number of aromatic nitrogens is 1. The SMILES string of the molecule is CCc1cc(NCc2ccc(N(C)S(C)(=O)=O)cc2)c2ccccc2n1. The second kappa shape index (κ2) is 7.33. The Balaban J connectivity index is 1.80. The van der Waals surface area contributed by atoms with Crippen molar-refractivity contribution >= 4 is 32.3 Å². The zero-order valence-corrected chi connectivity index (χ0v) is 16.0. The molecule has 0 bridgehead atoms. The van der Waals surface area contributed by atoms with Gasteiger partial charge >= 0.3 is 0 Å². The molecule has 136 valence electrons. The van der Waals surface area contributed by atoms with Crippen molar-refractivity contribution in [3.05, 3.63) is 65.9 Å². The molecule has 5 nitrogen and oxygen atoms in total. The maximum Gasteiger partial charge on any atom is 0.231 e. The van der Waals surface area contributed by atoms with E-state index in [1.165, 1.54) is 10.6 Å². The van der Waals surface area contributed by atoms with Crippen LogP contribution in [0.25, 0.3) is 10.9 Å². The molecule has 1 aromatic heterocycles. The summed E-state index contributed by atoms with van der Waals surface area (Å²) in [6.45, 7) is 2.75. The number of para-hydroxylation sites is 1. The first-order valence-electron chi connectivity index (χ1n) is 8.54. The van der Waals surface area contributed by atoms with Crippen molar-refractivity contribution in [3.8, 4) is 0 Å². The zero-order valence-electron chi connectivity index (χ0n) is 15.2. The summed E-state index contributed by atoms with van der Waals surface area (Å²) in [4.78, 5) is 4.66. The maximum absolute atomic E-state index is 11.6. The number of sulfonamides is 1. The molecule has 0 radical (unpaired) electrons. The van der Waals surface area contributed by atoms with E-state index < -0.39 is 10.0 Å². The summed E-state index contributed by atoms with van der Waals surface area (Å²) in [7, 11) is -1.69. The van der Waals surface area contributed by atoms with Crippen LogP contribution in [0.3, 0.4) is 0 Å². The van der Waals surface area contributed by atoms with Gasteiger partial charge in [-0.15, -0.1) is 0 Å². The fourth-order valence-electron chi connectivity index (χ4n) is 2.77. The van der Waals surface area contributed by atoms with Crippen LogP contribution in [-0.2, 0) is 23.0 Å². The topological polar surface area (TPSA) is 62.3 Å². The molecule has 0 fully saturated rings. The van der Waals surface area contributed by atoms with E-state index in [1.54, 1.807) is 7.05 Å². The van der Waals surface area contributed by atoms with Crippen LogP contribution in [0.4, 0.5) is 11.4 Å². The molecule has 0 amide bonds. The van der Waals surface area contributed by atoms with Gasteiger partial charge in [-0.2, -0.15) is 0 Å². The number of aryl methyl sites for hydroxylation is 1. The quantitative estimate of drug-likeness (QED) is 0.718. The number of anilines is 2. The number of fused-ring (bicyclic) bond motifs is 1. The molecule has 0 saturated carbocycles. The largest absolute Gasteiger partial charge is 0.380 e. The minimum atomic E-state index is -3.25. The van der Waals surface area contributed by atoms with Crippen LogP contribution < -0.4 is 9.62 Å². The second-order valence-corrected chi connectivity index (χ2v) is 8.30. The molecule has 0 aliphatic carbocycles. The van der Waals surface area contributed by atoms with Crippen LogP contribution >= 0.6 is 0 Å². The lowest BCUT2D eigenvalue weighted by Gasteiger charge is -2.17. The number of nitrogens with one attached hydrogen (secondary N) is 1. The summed E-state index contributed by atoms with van der Waals surface area (Å²) in [5.74, 6) is 0. The summed E-state index contributed by atoms with van der Waals surface area (Å²) >= 11 is 0. The molecule has 0 unspecified atom stereocenters. The van der Waals surface area contributed by atoms with Gasteiger partial charge in [-0.05, 0) is 36.2 Å². The van der Waals surface area contributed by atoms with E-state index in [0.717, 1.165) is 34.3 Å². The highest BCUT2D eigenvalue weighted by Gasteiger charge is 2.11. The molecule has 26 heavy (non-hydrogen) atoms. The van der Waals surface area contributed by atoms with Gasteiger partial charge in [-0.25, -0.2) is 8.42 Å². The summed E-state index contributed by atoms with van der Waals surface area (Å²) in [6, 6.07) is 17.7. The van der Waals surface area contributed by atoms with Gasteiger partial charge in [-0.3, -0.25) is 9.29 Å². The van der Waals surface area contributed by atoms with E-state index in [-0.39, 0.29) is 0 Å². The predicted octanol–water partition coefficient (Wildman–Crippen LogP) is 3.81. The zero-order chi connectivity index (χ0) is 18.7. The molecular weight excluding hydrogens is 346 g/mol. The van der Waals surface area contributed by atoms with E-state index >= 15 is 0 Å². The van der Waals surface area contributed by atoms with Gasteiger partial charge in [0.05, 0.1) is 17.5 Å². The van der Waals surface area contributed by atoms with Gasteiger partial charge in [-0.1, -0.05) is 37.3 Å². The fourth-order valence-corrected chi connectivity index (χ4v) is 3.27. The van der Waals surface area contributed by atoms with Crippen molar-refractivity contribution in [2.45, 2.75) is 19.9 Å². The van der Waals surface area contributed by atoms with E-state index in [9.17, 15) is 8.42 Å². The lowest BCUT2D eigenvalue weighted by Crippen LogP contribution is -2.24. The third-order valence-electron chi connectivity index (χ3n) is 4.41. The van der Waals surface area contributed by atoms with Crippen LogP contribution in [-0.4, -0.2) is 26.7 Å². The first-order valence-corrected chi connectivity index (χ1v) is 10.4. The number of hydrogen-bond acceptors (Lipinski definition) is 4. The van der Waals surface area contributed by atoms with Crippen LogP contribution in [0, 0.1) is 0 Å². The molecule has 0 aliphatic heterocycles. The molecule has 0 atom stereocenters. The first-order chi connectivity index (χ1) is 12.4. The number of nitrogens with zero attached hydrogens (tertiary/aromatic N) is 2. The normalized spacial score (nSPS) is 11.5. The van der Waals surface area contributed by atoms with Gasteiger partial charge in [0.1, 0.15) is 0 Å². The molecule has 6 heteroatoms. The third kappa shape index (κ3) is 3.96. The van der Waals surface area contributed by atoms with Crippen molar-refractivity contribution in [2.24, 2.45) is 0 Å². The smallest absolute Gasteiger partial charge is 0.231 e. The molecule has 2 aromatic carbocycles. The molecule has 1 heterocycles. The highest BCUT2D eigenvalue weighted by atomic mass is 32.2. The molecule has 3 aromatic rings. The van der Waals surface area contributed by atoms with Crippen molar-refractivity contribution in [2.75, 3.05) is 22.9 Å². The predicted molar refractivity (Wildman–Crippen MR) is 108 cm³/mol. The Morgan fingerprint density at radius 2 is 1.77 bits per heavy atom. The first kappa shape index (κ1) is 18.2. The van der Waals surface area contributed by atoms with Gasteiger partial charge < -0.3 is 5.32 Å². The van der Waals surface area contributed by atoms with Crippen molar-refractivity contribution < 1.29 is 8.42 Å². The maximum atomic E-state index is 11.6. The van der Waals surface area contributed by atoms with Crippen LogP contribution in [0.2, 0.25) is 0 Å². The van der Waals surface area contributed by atoms with Crippen molar-refractivity contribution in [1.82, 2.24) is 4.98 Å². The van der Waals surface area contributed by atoms with E-state index in [1.807, 2.05) is 42.5 Å². The number of pyridine rings is 1. The van der Waals surface area contributed by atoms with Crippen LogP contribution in [0.1, 0.15) is 18.2 Å².